The summed E-state index contributed by atoms with van der Waals surface area (Å²) in [4.78, 5) is 6.74. The Bertz CT molecular complexity index is 629. The third-order valence-electron chi connectivity index (χ3n) is 4.14. The Morgan fingerprint density at radius 1 is 1.24 bits per heavy atom. The first-order valence-electron chi connectivity index (χ1n) is 7.79. The van der Waals surface area contributed by atoms with E-state index in [1.807, 2.05) is 0 Å². The van der Waals surface area contributed by atoms with E-state index in [9.17, 15) is 0 Å². The fraction of sp³-hybridized carbons (Fsp3) is 0.714. The van der Waals surface area contributed by atoms with E-state index >= 15 is 0 Å². The van der Waals surface area contributed by atoms with E-state index in [1.54, 1.807) is 0 Å². The van der Waals surface area contributed by atoms with Gasteiger partial charge in [-0.1, -0.05) is 12.1 Å². The molecule has 0 amide bonds. The summed E-state index contributed by atoms with van der Waals surface area (Å²) in [5.41, 5.74) is 0. The van der Waals surface area contributed by atoms with Crippen molar-refractivity contribution < 1.29 is 4.52 Å². The number of aryl methyl sites for hydroxylation is 1. The molecule has 112 valence electrons. The predicted octanol–water partition coefficient (Wildman–Crippen LogP) is 1.51. The van der Waals surface area contributed by atoms with Crippen molar-refractivity contribution in [3.63, 3.8) is 0 Å². The summed E-state index contributed by atoms with van der Waals surface area (Å²) in [6.45, 7) is 5.60. The summed E-state index contributed by atoms with van der Waals surface area (Å²) in [7, 11) is 0. The lowest BCUT2D eigenvalue weighted by Crippen LogP contribution is -2.34. The first-order valence-corrected chi connectivity index (χ1v) is 7.79. The predicted molar refractivity (Wildman–Crippen MR) is 74.4 cm³/mol. The highest BCUT2D eigenvalue weighted by molar-refractivity contribution is 5.09. The zero-order valence-corrected chi connectivity index (χ0v) is 12.3. The van der Waals surface area contributed by atoms with Gasteiger partial charge in [-0.2, -0.15) is 4.98 Å². The fourth-order valence-electron chi connectivity index (χ4n) is 2.88. The molecule has 7 heteroatoms. The average molecular weight is 288 g/mol. The van der Waals surface area contributed by atoms with E-state index in [4.69, 9.17) is 4.52 Å². The number of fused-ring (bicyclic) bond motifs is 1. The maximum absolute atomic E-state index is 5.24. The van der Waals surface area contributed by atoms with Crippen molar-refractivity contribution in [1.82, 2.24) is 29.8 Å². The molecule has 0 unspecified atom stereocenters. The van der Waals surface area contributed by atoms with Crippen molar-refractivity contribution in [3.8, 4) is 0 Å². The molecule has 0 radical (unpaired) electrons. The summed E-state index contributed by atoms with van der Waals surface area (Å²) in [6.07, 6.45) is 4.42. The van der Waals surface area contributed by atoms with Crippen LogP contribution in [0.25, 0.3) is 0 Å². The number of nitrogens with zero attached hydrogens (tertiary/aromatic N) is 6. The van der Waals surface area contributed by atoms with Crippen LogP contribution in [0.15, 0.2) is 4.52 Å². The lowest BCUT2D eigenvalue weighted by Gasteiger charge is -2.26. The Morgan fingerprint density at radius 2 is 2.14 bits per heavy atom. The van der Waals surface area contributed by atoms with Crippen LogP contribution in [0, 0.1) is 0 Å². The Hall–Kier alpha value is -1.76. The molecule has 1 saturated carbocycles. The smallest absolute Gasteiger partial charge is 0.226 e. The molecule has 0 bridgehead atoms. The van der Waals surface area contributed by atoms with Crippen LogP contribution >= 0.6 is 0 Å². The molecule has 1 fully saturated rings. The number of hydrogen-bond acceptors (Lipinski definition) is 6. The molecular weight excluding hydrogens is 268 g/mol. The van der Waals surface area contributed by atoms with Gasteiger partial charge in [-0.15, -0.1) is 10.2 Å². The second-order valence-corrected chi connectivity index (χ2v) is 5.97. The van der Waals surface area contributed by atoms with Crippen LogP contribution in [-0.2, 0) is 26.1 Å². The van der Waals surface area contributed by atoms with Crippen LogP contribution in [0.2, 0.25) is 0 Å². The molecule has 3 heterocycles. The minimum atomic E-state index is 0.659. The van der Waals surface area contributed by atoms with Gasteiger partial charge < -0.3 is 9.09 Å². The van der Waals surface area contributed by atoms with Crippen molar-refractivity contribution in [2.75, 3.05) is 6.54 Å². The molecule has 4 rings (SSSR count). The van der Waals surface area contributed by atoms with E-state index in [0.717, 1.165) is 56.6 Å². The Morgan fingerprint density at radius 3 is 2.95 bits per heavy atom. The van der Waals surface area contributed by atoms with E-state index < -0.39 is 0 Å². The lowest BCUT2D eigenvalue weighted by molar-refractivity contribution is 0.200. The molecule has 0 spiro atoms. The summed E-state index contributed by atoms with van der Waals surface area (Å²) >= 11 is 0. The molecule has 1 aliphatic carbocycles. The van der Waals surface area contributed by atoms with E-state index in [0.29, 0.717) is 5.92 Å². The molecule has 21 heavy (non-hydrogen) atoms. The highest BCUT2D eigenvalue weighted by Crippen LogP contribution is 2.39. The standard InChI is InChI=1S/C14H20N6O/c1-2-3-13-15-11(18-21-13)8-19-6-7-20-12(9-19)16-17-14(20)10-4-5-10/h10H,2-9H2,1H3. The molecule has 2 aliphatic rings. The van der Waals surface area contributed by atoms with Gasteiger partial charge in [-0.3, -0.25) is 4.90 Å². The molecule has 0 atom stereocenters. The zero-order valence-electron chi connectivity index (χ0n) is 12.3. The van der Waals surface area contributed by atoms with Gasteiger partial charge >= 0.3 is 0 Å². The second-order valence-electron chi connectivity index (χ2n) is 5.97. The van der Waals surface area contributed by atoms with E-state index in [2.05, 4.69) is 36.7 Å². The highest BCUT2D eigenvalue weighted by atomic mass is 16.5. The third-order valence-corrected chi connectivity index (χ3v) is 4.14. The van der Waals surface area contributed by atoms with Crippen molar-refractivity contribution >= 4 is 0 Å². The zero-order chi connectivity index (χ0) is 14.2. The maximum Gasteiger partial charge on any atom is 0.226 e. The number of rotatable bonds is 5. The van der Waals surface area contributed by atoms with Gasteiger partial charge in [0.25, 0.3) is 0 Å². The van der Waals surface area contributed by atoms with Crippen molar-refractivity contribution in [2.45, 2.75) is 58.2 Å². The van der Waals surface area contributed by atoms with Crippen molar-refractivity contribution in [3.05, 3.63) is 23.4 Å². The quantitative estimate of drug-likeness (QED) is 0.830. The average Bonchev–Trinajstić information content (AvgIpc) is 3.10. The lowest BCUT2D eigenvalue weighted by atomic mass is 10.3. The van der Waals surface area contributed by atoms with Crippen molar-refractivity contribution in [2.24, 2.45) is 0 Å². The summed E-state index contributed by atoms with van der Waals surface area (Å²) in [5, 5.41) is 12.8. The first kappa shape index (κ1) is 12.9. The van der Waals surface area contributed by atoms with Crippen LogP contribution in [0.3, 0.4) is 0 Å². The van der Waals surface area contributed by atoms with Crippen LogP contribution in [0.1, 0.15) is 55.5 Å². The summed E-state index contributed by atoms with van der Waals surface area (Å²) in [5.74, 6) is 4.43. The summed E-state index contributed by atoms with van der Waals surface area (Å²) in [6, 6.07) is 0. The normalized spacial score (nSPS) is 18.9. The SMILES string of the molecule is CCCc1nc(CN2CCn3c(nnc3C3CC3)C2)no1. The van der Waals surface area contributed by atoms with Crippen molar-refractivity contribution in [1.29, 1.82) is 0 Å². The first-order chi connectivity index (χ1) is 10.3. The van der Waals surface area contributed by atoms with Crippen LogP contribution in [-0.4, -0.2) is 36.3 Å². The minimum absolute atomic E-state index is 0.659. The molecule has 0 N–H and O–H groups in total. The van der Waals surface area contributed by atoms with Gasteiger partial charge in [0.15, 0.2) is 5.82 Å². The van der Waals surface area contributed by atoms with Crippen LogP contribution in [0.5, 0.6) is 0 Å². The molecular formula is C14H20N6O. The third kappa shape index (κ3) is 2.57. The van der Waals surface area contributed by atoms with Gasteiger partial charge in [0.1, 0.15) is 11.6 Å². The molecule has 7 nitrogen and oxygen atoms in total. The largest absolute Gasteiger partial charge is 0.339 e. The number of aromatic nitrogens is 5. The van der Waals surface area contributed by atoms with Crippen LogP contribution < -0.4 is 0 Å². The molecule has 1 aliphatic heterocycles. The fourth-order valence-corrected chi connectivity index (χ4v) is 2.88. The van der Waals surface area contributed by atoms with Gasteiger partial charge in [0, 0.05) is 25.4 Å². The monoisotopic (exact) mass is 288 g/mol. The Balaban J connectivity index is 1.43. The molecule has 0 saturated heterocycles. The van der Waals surface area contributed by atoms with Gasteiger partial charge in [-0.25, -0.2) is 0 Å². The van der Waals surface area contributed by atoms with Crippen LogP contribution in [0.4, 0.5) is 0 Å². The second kappa shape index (κ2) is 5.22. The highest BCUT2D eigenvalue weighted by Gasteiger charge is 2.32. The Labute approximate surface area is 123 Å². The maximum atomic E-state index is 5.24. The topological polar surface area (TPSA) is 72.9 Å². The molecule has 2 aromatic heterocycles. The van der Waals surface area contributed by atoms with E-state index in [-0.39, 0.29) is 0 Å². The molecule has 0 aromatic carbocycles. The molecule has 2 aromatic rings. The Kier molecular flexibility index (Phi) is 3.21. The minimum Gasteiger partial charge on any atom is -0.339 e. The summed E-state index contributed by atoms with van der Waals surface area (Å²) < 4.78 is 7.54. The van der Waals surface area contributed by atoms with Gasteiger partial charge in [-0.05, 0) is 19.3 Å². The van der Waals surface area contributed by atoms with E-state index in [1.165, 1.54) is 18.7 Å². The van der Waals surface area contributed by atoms with Gasteiger partial charge in [0.2, 0.25) is 5.89 Å². The van der Waals surface area contributed by atoms with Gasteiger partial charge in [0.05, 0.1) is 13.1 Å². The number of hydrogen-bond donors (Lipinski definition) is 0.